The predicted octanol–water partition coefficient (Wildman–Crippen LogP) is 1.13. The maximum Gasteiger partial charge on any atom is 0.392 e. The summed E-state index contributed by atoms with van der Waals surface area (Å²) in [5, 5.41) is 0. The number of carbonyl (C=O) groups is 1. The lowest BCUT2D eigenvalue weighted by Gasteiger charge is -2.14. The van der Waals surface area contributed by atoms with E-state index in [9.17, 15) is 18.0 Å². The summed E-state index contributed by atoms with van der Waals surface area (Å²) in [6.45, 7) is 0. The Hall–Kier alpha value is -0.780. The van der Waals surface area contributed by atoms with Gasteiger partial charge in [-0.3, -0.25) is 0 Å². The van der Waals surface area contributed by atoms with E-state index >= 15 is 0 Å². The molecule has 0 aliphatic carbocycles. The van der Waals surface area contributed by atoms with E-state index in [2.05, 4.69) is 9.47 Å². The zero-order valence-electron chi connectivity index (χ0n) is 6.64. The van der Waals surface area contributed by atoms with Crippen LogP contribution < -0.4 is 0 Å². The Balaban J connectivity index is 4.09. The Labute approximate surface area is 67.4 Å². The molecular weight excluding hydrogens is 177 g/mol. The molecule has 0 saturated heterocycles. The van der Waals surface area contributed by atoms with Crippen molar-refractivity contribution >= 4 is 5.97 Å². The Morgan fingerprint density at radius 1 is 1.42 bits per heavy atom. The summed E-state index contributed by atoms with van der Waals surface area (Å²) in [5.41, 5.74) is 0. The molecule has 0 amide bonds. The van der Waals surface area contributed by atoms with E-state index in [1.807, 2.05) is 0 Å². The lowest BCUT2D eigenvalue weighted by atomic mass is 10.2. The first-order valence-corrected chi connectivity index (χ1v) is 3.08. The number of ether oxygens (including phenoxy) is 2. The van der Waals surface area contributed by atoms with Gasteiger partial charge in [0.15, 0.2) is 6.10 Å². The molecular formula is C6H9F3O3. The van der Waals surface area contributed by atoms with E-state index in [1.165, 1.54) is 0 Å². The van der Waals surface area contributed by atoms with Gasteiger partial charge in [0.05, 0.1) is 13.5 Å². The molecule has 72 valence electrons. The molecule has 0 aromatic carbocycles. The van der Waals surface area contributed by atoms with Gasteiger partial charge in [-0.1, -0.05) is 0 Å². The zero-order chi connectivity index (χ0) is 9.78. The number of rotatable bonds is 3. The van der Waals surface area contributed by atoms with Gasteiger partial charge in [0.2, 0.25) is 0 Å². The molecule has 0 heterocycles. The van der Waals surface area contributed by atoms with Gasteiger partial charge in [-0.2, -0.15) is 13.2 Å². The quantitative estimate of drug-likeness (QED) is 0.619. The first-order chi connectivity index (χ1) is 5.40. The number of methoxy groups -OCH3 is 2. The lowest BCUT2D eigenvalue weighted by Crippen LogP contribution is -2.30. The van der Waals surface area contributed by atoms with Gasteiger partial charge in [-0.25, -0.2) is 4.79 Å². The number of esters is 1. The highest BCUT2D eigenvalue weighted by atomic mass is 19.4. The minimum Gasteiger partial charge on any atom is -0.467 e. The Kier molecular flexibility index (Phi) is 4.02. The van der Waals surface area contributed by atoms with E-state index in [1.54, 1.807) is 0 Å². The van der Waals surface area contributed by atoms with Gasteiger partial charge in [0.1, 0.15) is 0 Å². The normalized spacial score (nSPS) is 14.1. The van der Waals surface area contributed by atoms with Crippen LogP contribution in [-0.4, -0.2) is 32.5 Å². The fourth-order valence-corrected chi connectivity index (χ4v) is 0.605. The van der Waals surface area contributed by atoms with Crippen molar-refractivity contribution in [3.05, 3.63) is 0 Å². The van der Waals surface area contributed by atoms with Gasteiger partial charge < -0.3 is 9.47 Å². The third-order valence-corrected chi connectivity index (χ3v) is 1.17. The van der Waals surface area contributed by atoms with Crippen LogP contribution in [0.25, 0.3) is 0 Å². The Bertz CT molecular complexity index is 155. The van der Waals surface area contributed by atoms with E-state index in [0.717, 1.165) is 14.2 Å². The van der Waals surface area contributed by atoms with Crippen LogP contribution in [-0.2, 0) is 14.3 Å². The maximum absolute atomic E-state index is 11.7. The summed E-state index contributed by atoms with van der Waals surface area (Å²) in [6.07, 6.45) is -7.31. The minimum absolute atomic E-state index is 1.00. The topological polar surface area (TPSA) is 35.5 Å². The van der Waals surface area contributed by atoms with E-state index in [4.69, 9.17) is 0 Å². The highest BCUT2D eigenvalue weighted by molar-refractivity contribution is 5.74. The van der Waals surface area contributed by atoms with Crippen molar-refractivity contribution in [2.45, 2.75) is 18.7 Å². The summed E-state index contributed by atoms with van der Waals surface area (Å²) in [5.74, 6) is -1.02. The van der Waals surface area contributed by atoms with Crippen molar-refractivity contribution in [3.8, 4) is 0 Å². The number of hydrogen-bond acceptors (Lipinski definition) is 3. The number of halogens is 3. The van der Waals surface area contributed by atoms with Gasteiger partial charge in [-0.05, 0) is 0 Å². The van der Waals surface area contributed by atoms with E-state index in [0.29, 0.717) is 0 Å². The molecule has 0 spiro atoms. The fourth-order valence-electron chi connectivity index (χ4n) is 0.605. The molecule has 1 atom stereocenters. The molecule has 1 unspecified atom stereocenters. The lowest BCUT2D eigenvalue weighted by molar-refractivity contribution is -0.178. The molecule has 0 aromatic heterocycles. The average molecular weight is 186 g/mol. The highest BCUT2D eigenvalue weighted by Crippen LogP contribution is 2.23. The Morgan fingerprint density at radius 3 is 2.17 bits per heavy atom. The van der Waals surface area contributed by atoms with E-state index < -0.39 is 24.7 Å². The van der Waals surface area contributed by atoms with Gasteiger partial charge in [0, 0.05) is 7.11 Å². The molecule has 0 fully saturated rings. The van der Waals surface area contributed by atoms with Crippen molar-refractivity contribution in [2.24, 2.45) is 0 Å². The molecule has 3 nitrogen and oxygen atoms in total. The SMILES string of the molecule is COC(=O)C(CC(F)(F)F)OC. The largest absolute Gasteiger partial charge is 0.467 e. The molecule has 0 bridgehead atoms. The molecule has 0 rings (SSSR count). The van der Waals surface area contributed by atoms with Crippen molar-refractivity contribution in [1.29, 1.82) is 0 Å². The molecule has 0 saturated carbocycles. The van der Waals surface area contributed by atoms with Crippen LogP contribution in [0.3, 0.4) is 0 Å². The second kappa shape index (κ2) is 4.30. The smallest absolute Gasteiger partial charge is 0.392 e. The van der Waals surface area contributed by atoms with Gasteiger partial charge >= 0.3 is 12.1 Å². The summed E-state index contributed by atoms with van der Waals surface area (Å²) >= 11 is 0. The summed E-state index contributed by atoms with van der Waals surface area (Å²) in [7, 11) is 2.03. The van der Waals surface area contributed by atoms with Gasteiger partial charge in [0.25, 0.3) is 0 Å². The molecule has 0 aliphatic heterocycles. The average Bonchev–Trinajstić information content (AvgIpc) is 1.97. The number of alkyl halides is 3. The highest BCUT2D eigenvalue weighted by Gasteiger charge is 2.35. The van der Waals surface area contributed by atoms with Crippen molar-refractivity contribution in [2.75, 3.05) is 14.2 Å². The standard InChI is InChI=1S/C6H9F3O3/c1-11-4(5(10)12-2)3-6(7,8)9/h4H,3H2,1-2H3. The van der Waals surface area contributed by atoms with Crippen LogP contribution >= 0.6 is 0 Å². The fraction of sp³-hybridized carbons (Fsp3) is 0.833. The molecule has 0 aliphatic rings. The summed E-state index contributed by atoms with van der Waals surface area (Å²) < 4.78 is 43.5. The van der Waals surface area contributed by atoms with Crippen LogP contribution in [0.2, 0.25) is 0 Å². The first kappa shape index (κ1) is 11.2. The summed E-state index contributed by atoms with van der Waals surface area (Å²) in [6, 6.07) is 0. The van der Waals surface area contributed by atoms with Crippen LogP contribution in [0.4, 0.5) is 13.2 Å². The van der Waals surface area contributed by atoms with Crippen molar-refractivity contribution in [1.82, 2.24) is 0 Å². The van der Waals surface area contributed by atoms with E-state index in [-0.39, 0.29) is 0 Å². The van der Waals surface area contributed by atoms with Crippen LogP contribution in [0, 0.1) is 0 Å². The van der Waals surface area contributed by atoms with Crippen molar-refractivity contribution in [3.63, 3.8) is 0 Å². The monoisotopic (exact) mass is 186 g/mol. The van der Waals surface area contributed by atoms with Crippen molar-refractivity contribution < 1.29 is 27.4 Å². The second-order valence-corrected chi connectivity index (χ2v) is 2.07. The Morgan fingerprint density at radius 2 is 1.92 bits per heavy atom. The molecule has 12 heavy (non-hydrogen) atoms. The minimum atomic E-state index is -4.42. The van der Waals surface area contributed by atoms with Crippen LogP contribution in [0.15, 0.2) is 0 Å². The second-order valence-electron chi connectivity index (χ2n) is 2.07. The molecule has 6 heteroatoms. The predicted molar refractivity (Wildman–Crippen MR) is 33.5 cm³/mol. The maximum atomic E-state index is 11.7. The molecule has 0 aromatic rings. The molecule has 0 N–H and O–H groups in total. The first-order valence-electron chi connectivity index (χ1n) is 3.08. The van der Waals surface area contributed by atoms with Gasteiger partial charge in [-0.15, -0.1) is 0 Å². The number of carbonyl (C=O) groups excluding carboxylic acids is 1. The molecule has 0 radical (unpaired) electrons. The van der Waals surface area contributed by atoms with Crippen LogP contribution in [0.5, 0.6) is 0 Å². The van der Waals surface area contributed by atoms with Crippen LogP contribution in [0.1, 0.15) is 6.42 Å². The zero-order valence-corrected chi connectivity index (χ0v) is 6.64. The number of hydrogen-bond donors (Lipinski definition) is 0. The third-order valence-electron chi connectivity index (χ3n) is 1.17. The summed E-state index contributed by atoms with van der Waals surface area (Å²) in [4.78, 5) is 10.6. The third kappa shape index (κ3) is 4.17.